The molecule has 0 bridgehead atoms. The van der Waals surface area contributed by atoms with Crippen LogP contribution >= 0.6 is 15.9 Å². The largest absolute Gasteiger partial charge is 0.378 e. The van der Waals surface area contributed by atoms with Crippen LogP contribution in [-0.4, -0.2) is 30.2 Å². The lowest BCUT2D eigenvalue weighted by molar-refractivity contribution is 0.102. The van der Waals surface area contributed by atoms with Crippen molar-refractivity contribution < 1.29 is 4.79 Å². The standard InChI is InChI=1S/C18H17BrN4O/c1-23(2)15-9-7-14(8-10-15)20-18(24)17-11-16(21-22-17)12-3-5-13(19)6-4-12/h3-11H,1-2H3,(H,20,24)(H,21,22). The molecule has 0 saturated heterocycles. The number of benzene rings is 2. The summed E-state index contributed by atoms with van der Waals surface area (Å²) in [5.74, 6) is -0.219. The number of nitrogens with one attached hydrogen (secondary N) is 2. The minimum absolute atomic E-state index is 0.219. The lowest BCUT2D eigenvalue weighted by atomic mass is 10.1. The topological polar surface area (TPSA) is 61.0 Å². The molecule has 1 heterocycles. The van der Waals surface area contributed by atoms with Gasteiger partial charge in [0.1, 0.15) is 5.69 Å². The summed E-state index contributed by atoms with van der Waals surface area (Å²) < 4.78 is 1.00. The summed E-state index contributed by atoms with van der Waals surface area (Å²) in [4.78, 5) is 14.3. The second kappa shape index (κ2) is 6.88. The maximum atomic E-state index is 12.3. The van der Waals surface area contributed by atoms with E-state index < -0.39 is 0 Å². The average Bonchev–Trinajstić information content (AvgIpc) is 3.06. The Hall–Kier alpha value is -2.60. The van der Waals surface area contributed by atoms with Crippen molar-refractivity contribution in [2.75, 3.05) is 24.3 Å². The maximum absolute atomic E-state index is 12.3. The Bertz CT molecular complexity index is 838. The molecule has 0 atom stereocenters. The van der Waals surface area contributed by atoms with E-state index >= 15 is 0 Å². The highest BCUT2D eigenvalue weighted by atomic mass is 79.9. The van der Waals surface area contributed by atoms with Crippen molar-refractivity contribution in [3.05, 3.63) is 64.8 Å². The second-order valence-corrected chi connectivity index (χ2v) is 6.48. The summed E-state index contributed by atoms with van der Waals surface area (Å²) in [5, 5.41) is 9.86. The Morgan fingerprint density at radius 2 is 1.75 bits per heavy atom. The summed E-state index contributed by atoms with van der Waals surface area (Å²) in [6.07, 6.45) is 0. The summed E-state index contributed by atoms with van der Waals surface area (Å²) in [6.45, 7) is 0. The summed E-state index contributed by atoms with van der Waals surface area (Å²) in [7, 11) is 3.95. The van der Waals surface area contributed by atoms with Crippen LogP contribution in [0.5, 0.6) is 0 Å². The fourth-order valence-corrected chi connectivity index (χ4v) is 2.51. The zero-order valence-corrected chi connectivity index (χ0v) is 15.0. The van der Waals surface area contributed by atoms with E-state index in [-0.39, 0.29) is 5.91 Å². The first-order valence-corrected chi connectivity index (χ1v) is 8.22. The third-order valence-electron chi connectivity index (χ3n) is 3.60. The van der Waals surface area contributed by atoms with Crippen molar-refractivity contribution in [3.8, 4) is 11.3 Å². The second-order valence-electron chi connectivity index (χ2n) is 5.57. The molecule has 3 aromatic rings. The molecular formula is C18H17BrN4O. The van der Waals surface area contributed by atoms with E-state index in [1.54, 1.807) is 6.07 Å². The lowest BCUT2D eigenvalue weighted by Crippen LogP contribution is -2.13. The van der Waals surface area contributed by atoms with Gasteiger partial charge in [-0.25, -0.2) is 0 Å². The molecule has 1 aromatic heterocycles. The van der Waals surface area contributed by atoms with Crippen molar-refractivity contribution in [3.63, 3.8) is 0 Å². The van der Waals surface area contributed by atoms with Crippen LogP contribution in [0.15, 0.2) is 59.1 Å². The van der Waals surface area contributed by atoms with Gasteiger partial charge in [-0.2, -0.15) is 5.10 Å². The number of hydrogen-bond acceptors (Lipinski definition) is 3. The fourth-order valence-electron chi connectivity index (χ4n) is 2.25. The van der Waals surface area contributed by atoms with Gasteiger partial charge in [0.25, 0.3) is 5.91 Å². The summed E-state index contributed by atoms with van der Waals surface area (Å²) in [6, 6.07) is 17.2. The van der Waals surface area contributed by atoms with Gasteiger partial charge in [-0.1, -0.05) is 28.1 Å². The van der Waals surface area contributed by atoms with Crippen LogP contribution in [0, 0.1) is 0 Å². The van der Waals surface area contributed by atoms with Crippen molar-refractivity contribution in [1.29, 1.82) is 0 Å². The molecule has 0 radical (unpaired) electrons. The van der Waals surface area contributed by atoms with Gasteiger partial charge in [0, 0.05) is 35.5 Å². The highest BCUT2D eigenvalue weighted by molar-refractivity contribution is 9.10. The van der Waals surface area contributed by atoms with E-state index in [1.165, 1.54) is 0 Å². The Morgan fingerprint density at radius 3 is 2.38 bits per heavy atom. The number of hydrogen-bond donors (Lipinski definition) is 2. The van der Waals surface area contributed by atoms with Crippen LogP contribution in [-0.2, 0) is 0 Å². The zero-order valence-electron chi connectivity index (χ0n) is 13.4. The number of H-pyrrole nitrogens is 1. The fraction of sp³-hybridized carbons (Fsp3) is 0.111. The number of anilines is 2. The number of aromatic amines is 1. The van der Waals surface area contributed by atoms with Gasteiger partial charge in [-0.3, -0.25) is 9.89 Å². The van der Waals surface area contributed by atoms with Crippen molar-refractivity contribution in [2.24, 2.45) is 0 Å². The Balaban J connectivity index is 1.72. The van der Waals surface area contributed by atoms with E-state index in [2.05, 4.69) is 31.4 Å². The Kier molecular flexibility index (Phi) is 4.66. The number of halogens is 1. The Labute approximate surface area is 148 Å². The molecule has 2 N–H and O–H groups in total. The summed E-state index contributed by atoms with van der Waals surface area (Å²) in [5.41, 5.74) is 3.92. The van der Waals surface area contributed by atoms with Crippen LogP contribution in [0.25, 0.3) is 11.3 Å². The minimum Gasteiger partial charge on any atom is -0.378 e. The Morgan fingerprint density at radius 1 is 1.08 bits per heavy atom. The molecule has 0 aliphatic rings. The average molecular weight is 385 g/mol. The van der Waals surface area contributed by atoms with E-state index in [4.69, 9.17) is 0 Å². The monoisotopic (exact) mass is 384 g/mol. The molecule has 6 heteroatoms. The maximum Gasteiger partial charge on any atom is 0.273 e. The highest BCUT2D eigenvalue weighted by Crippen LogP contribution is 2.21. The first-order chi connectivity index (χ1) is 11.5. The predicted octanol–water partition coefficient (Wildman–Crippen LogP) is 4.16. The van der Waals surface area contributed by atoms with Crippen molar-refractivity contribution in [1.82, 2.24) is 10.2 Å². The SMILES string of the molecule is CN(C)c1ccc(NC(=O)c2cc(-c3ccc(Br)cc3)n[nH]2)cc1. The molecule has 0 aliphatic carbocycles. The number of carbonyl (C=O) groups excluding carboxylic acids is 1. The van der Waals surface area contributed by atoms with Gasteiger partial charge in [0.15, 0.2) is 0 Å². The van der Waals surface area contributed by atoms with Crippen LogP contribution in [0.2, 0.25) is 0 Å². The van der Waals surface area contributed by atoms with Crippen LogP contribution in [0.3, 0.4) is 0 Å². The van der Waals surface area contributed by atoms with Crippen LogP contribution in [0.1, 0.15) is 10.5 Å². The van der Waals surface area contributed by atoms with Gasteiger partial charge in [0.05, 0.1) is 5.69 Å². The molecule has 3 rings (SSSR count). The van der Waals surface area contributed by atoms with Crippen LogP contribution < -0.4 is 10.2 Å². The summed E-state index contributed by atoms with van der Waals surface area (Å²) >= 11 is 3.40. The predicted molar refractivity (Wildman–Crippen MR) is 100 cm³/mol. The molecule has 0 spiro atoms. The van der Waals surface area contributed by atoms with Gasteiger partial charge in [0.2, 0.25) is 0 Å². The minimum atomic E-state index is -0.219. The highest BCUT2D eigenvalue weighted by Gasteiger charge is 2.11. The molecule has 122 valence electrons. The van der Waals surface area contributed by atoms with E-state index in [0.717, 1.165) is 27.1 Å². The first-order valence-electron chi connectivity index (χ1n) is 7.43. The molecule has 0 unspecified atom stereocenters. The molecule has 0 aliphatic heterocycles. The van der Waals surface area contributed by atoms with Crippen molar-refractivity contribution >= 4 is 33.2 Å². The third-order valence-corrected chi connectivity index (χ3v) is 4.13. The smallest absolute Gasteiger partial charge is 0.273 e. The molecule has 2 aromatic carbocycles. The molecular weight excluding hydrogens is 368 g/mol. The number of nitrogens with zero attached hydrogens (tertiary/aromatic N) is 2. The zero-order chi connectivity index (χ0) is 17.1. The normalized spacial score (nSPS) is 10.5. The quantitative estimate of drug-likeness (QED) is 0.709. The molecule has 24 heavy (non-hydrogen) atoms. The van der Waals surface area contributed by atoms with Crippen molar-refractivity contribution in [2.45, 2.75) is 0 Å². The van der Waals surface area contributed by atoms with Gasteiger partial charge >= 0.3 is 0 Å². The number of amides is 1. The lowest BCUT2D eigenvalue weighted by Gasteiger charge is -2.12. The van der Waals surface area contributed by atoms with E-state index in [1.807, 2.05) is 67.5 Å². The molecule has 1 amide bonds. The third kappa shape index (κ3) is 3.65. The van der Waals surface area contributed by atoms with Crippen LogP contribution in [0.4, 0.5) is 11.4 Å². The molecule has 0 fully saturated rings. The van der Waals surface area contributed by atoms with Gasteiger partial charge in [-0.15, -0.1) is 0 Å². The van der Waals surface area contributed by atoms with Gasteiger partial charge < -0.3 is 10.2 Å². The molecule has 5 nitrogen and oxygen atoms in total. The van der Waals surface area contributed by atoms with Gasteiger partial charge in [-0.05, 0) is 42.5 Å². The molecule has 0 saturated carbocycles. The van der Waals surface area contributed by atoms with E-state index in [0.29, 0.717) is 5.69 Å². The first kappa shape index (κ1) is 16.3. The number of aromatic nitrogens is 2. The number of rotatable bonds is 4. The number of carbonyl (C=O) groups is 1. The van der Waals surface area contributed by atoms with E-state index in [9.17, 15) is 4.79 Å².